The molecule has 0 spiro atoms. The highest BCUT2D eigenvalue weighted by molar-refractivity contribution is 5.29. The summed E-state index contributed by atoms with van der Waals surface area (Å²) in [6.07, 6.45) is 1.42. The van der Waals surface area contributed by atoms with E-state index in [0.29, 0.717) is 11.6 Å². The van der Waals surface area contributed by atoms with E-state index in [2.05, 4.69) is 17.1 Å². The number of benzene rings is 1. The Balaban J connectivity index is 2.15. The first-order valence-electron chi connectivity index (χ1n) is 6.39. The minimum atomic E-state index is -0.755. The third-order valence-electron chi connectivity index (χ3n) is 2.98. The number of hydrogen-bond donors (Lipinski definition) is 1. The third kappa shape index (κ3) is 3.29. The van der Waals surface area contributed by atoms with Gasteiger partial charge in [0.05, 0.1) is 12.8 Å². The lowest BCUT2D eigenvalue weighted by molar-refractivity contribution is 0.213. The first-order chi connectivity index (χ1) is 9.24. The van der Waals surface area contributed by atoms with Gasteiger partial charge in [-0.1, -0.05) is 37.6 Å². The SMILES string of the molecule is CCCc1ccc(C(O)c2ccc(OC)nn2)cc1. The maximum atomic E-state index is 10.2. The summed E-state index contributed by atoms with van der Waals surface area (Å²) in [5, 5.41) is 18.1. The van der Waals surface area contributed by atoms with Gasteiger partial charge in [0.15, 0.2) is 0 Å². The molecule has 1 N–H and O–H groups in total. The Bertz CT molecular complexity index is 509. The van der Waals surface area contributed by atoms with Crippen molar-refractivity contribution in [2.45, 2.75) is 25.9 Å². The lowest BCUT2D eigenvalue weighted by atomic mass is 10.0. The van der Waals surface area contributed by atoms with Gasteiger partial charge in [0.2, 0.25) is 5.88 Å². The number of methoxy groups -OCH3 is 1. The zero-order valence-corrected chi connectivity index (χ0v) is 11.2. The first-order valence-corrected chi connectivity index (χ1v) is 6.39. The maximum absolute atomic E-state index is 10.2. The van der Waals surface area contributed by atoms with E-state index in [-0.39, 0.29) is 0 Å². The molecule has 4 heteroatoms. The van der Waals surface area contributed by atoms with Crippen LogP contribution in [0.2, 0.25) is 0 Å². The quantitative estimate of drug-likeness (QED) is 0.895. The van der Waals surface area contributed by atoms with E-state index >= 15 is 0 Å². The minimum Gasteiger partial charge on any atom is -0.480 e. The van der Waals surface area contributed by atoms with Crippen molar-refractivity contribution >= 4 is 0 Å². The van der Waals surface area contributed by atoms with E-state index < -0.39 is 6.10 Å². The summed E-state index contributed by atoms with van der Waals surface area (Å²) in [7, 11) is 1.53. The number of aliphatic hydroxyl groups is 1. The topological polar surface area (TPSA) is 55.2 Å². The fourth-order valence-corrected chi connectivity index (χ4v) is 1.91. The number of aryl methyl sites for hydroxylation is 1. The number of hydrogen-bond acceptors (Lipinski definition) is 4. The summed E-state index contributed by atoms with van der Waals surface area (Å²) in [6, 6.07) is 11.4. The lowest BCUT2D eigenvalue weighted by Crippen LogP contribution is -2.04. The zero-order chi connectivity index (χ0) is 13.7. The van der Waals surface area contributed by atoms with Gasteiger partial charge < -0.3 is 9.84 Å². The molecular weight excluding hydrogens is 240 g/mol. The molecule has 0 saturated carbocycles. The molecule has 2 rings (SSSR count). The number of nitrogens with zero attached hydrogens (tertiary/aromatic N) is 2. The number of aromatic nitrogens is 2. The van der Waals surface area contributed by atoms with Crippen LogP contribution in [0, 0.1) is 0 Å². The number of ether oxygens (including phenoxy) is 1. The molecule has 1 atom stereocenters. The van der Waals surface area contributed by atoms with Crippen molar-refractivity contribution in [3.63, 3.8) is 0 Å². The van der Waals surface area contributed by atoms with Crippen molar-refractivity contribution in [1.29, 1.82) is 0 Å². The maximum Gasteiger partial charge on any atom is 0.233 e. The molecule has 4 nitrogen and oxygen atoms in total. The second-order valence-electron chi connectivity index (χ2n) is 4.39. The average molecular weight is 258 g/mol. The van der Waals surface area contributed by atoms with Gasteiger partial charge in [-0.2, -0.15) is 0 Å². The largest absolute Gasteiger partial charge is 0.480 e. The van der Waals surface area contributed by atoms with Crippen LogP contribution in [0.3, 0.4) is 0 Å². The summed E-state index contributed by atoms with van der Waals surface area (Å²) in [5.41, 5.74) is 2.61. The van der Waals surface area contributed by atoms with E-state index in [0.717, 1.165) is 18.4 Å². The van der Waals surface area contributed by atoms with Crippen LogP contribution in [-0.2, 0) is 6.42 Å². The molecule has 2 aromatic rings. The van der Waals surface area contributed by atoms with E-state index in [1.165, 1.54) is 12.7 Å². The normalized spacial score (nSPS) is 12.2. The Morgan fingerprint density at radius 3 is 2.37 bits per heavy atom. The fraction of sp³-hybridized carbons (Fsp3) is 0.333. The van der Waals surface area contributed by atoms with Gasteiger partial charge in [0.1, 0.15) is 6.10 Å². The molecule has 100 valence electrons. The minimum absolute atomic E-state index is 0.439. The highest BCUT2D eigenvalue weighted by atomic mass is 16.5. The molecule has 1 aromatic heterocycles. The molecule has 0 saturated heterocycles. The van der Waals surface area contributed by atoms with Gasteiger partial charge >= 0.3 is 0 Å². The first kappa shape index (κ1) is 13.5. The summed E-state index contributed by atoms with van der Waals surface area (Å²) in [6.45, 7) is 2.15. The molecule has 0 aliphatic heterocycles. The third-order valence-corrected chi connectivity index (χ3v) is 2.98. The molecule has 1 heterocycles. The van der Waals surface area contributed by atoms with E-state index in [1.54, 1.807) is 12.1 Å². The predicted molar refractivity (Wildman–Crippen MR) is 73.1 cm³/mol. The van der Waals surface area contributed by atoms with Crippen molar-refractivity contribution in [2.75, 3.05) is 7.11 Å². The van der Waals surface area contributed by atoms with Gasteiger partial charge in [-0.3, -0.25) is 0 Å². The number of rotatable bonds is 5. The standard InChI is InChI=1S/C15H18N2O2/c1-3-4-11-5-7-12(8-6-11)15(18)13-9-10-14(19-2)17-16-13/h5-10,15,18H,3-4H2,1-2H3. The highest BCUT2D eigenvalue weighted by Crippen LogP contribution is 2.21. The van der Waals surface area contributed by atoms with Crippen LogP contribution < -0.4 is 4.74 Å². The van der Waals surface area contributed by atoms with E-state index in [4.69, 9.17) is 4.74 Å². The average Bonchev–Trinajstić information content (AvgIpc) is 2.48. The Morgan fingerprint density at radius 1 is 1.11 bits per heavy atom. The summed E-state index contributed by atoms with van der Waals surface area (Å²) in [5.74, 6) is 0.439. The molecule has 0 aliphatic carbocycles. The molecular formula is C15H18N2O2. The molecule has 0 radical (unpaired) electrons. The van der Waals surface area contributed by atoms with Crippen LogP contribution in [0.5, 0.6) is 5.88 Å². The molecule has 0 bridgehead atoms. The summed E-state index contributed by atoms with van der Waals surface area (Å²) in [4.78, 5) is 0. The van der Waals surface area contributed by atoms with Crippen molar-refractivity contribution in [2.24, 2.45) is 0 Å². The van der Waals surface area contributed by atoms with Crippen LogP contribution in [0.4, 0.5) is 0 Å². The molecule has 0 amide bonds. The van der Waals surface area contributed by atoms with Crippen LogP contribution in [-0.4, -0.2) is 22.4 Å². The van der Waals surface area contributed by atoms with Gasteiger partial charge in [-0.05, 0) is 23.6 Å². The molecule has 0 fully saturated rings. The lowest BCUT2D eigenvalue weighted by Gasteiger charge is -2.10. The van der Waals surface area contributed by atoms with Crippen molar-refractivity contribution in [1.82, 2.24) is 10.2 Å². The van der Waals surface area contributed by atoms with Gasteiger partial charge in [-0.25, -0.2) is 0 Å². The zero-order valence-electron chi connectivity index (χ0n) is 11.2. The van der Waals surface area contributed by atoms with Crippen LogP contribution >= 0.6 is 0 Å². The van der Waals surface area contributed by atoms with Gasteiger partial charge in [-0.15, -0.1) is 10.2 Å². The van der Waals surface area contributed by atoms with E-state index in [1.807, 2.05) is 24.3 Å². The number of aliphatic hydroxyl groups excluding tert-OH is 1. The Morgan fingerprint density at radius 2 is 1.84 bits per heavy atom. The van der Waals surface area contributed by atoms with Crippen LogP contribution in [0.25, 0.3) is 0 Å². The molecule has 19 heavy (non-hydrogen) atoms. The van der Waals surface area contributed by atoms with Crippen molar-refractivity contribution < 1.29 is 9.84 Å². The molecule has 0 aliphatic rings. The second-order valence-corrected chi connectivity index (χ2v) is 4.39. The Hall–Kier alpha value is -1.94. The Labute approximate surface area is 113 Å². The van der Waals surface area contributed by atoms with Gasteiger partial charge in [0, 0.05) is 6.07 Å². The van der Waals surface area contributed by atoms with Crippen molar-refractivity contribution in [3.8, 4) is 5.88 Å². The predicted octanol–water partition coefficient (Wildman–Crippen LogP) is 2.52. The summed E-state index contributed by atoms with van der Waals surface area (Å²) >= 11 is 0. The monoisotopic (exact) mass is 258 g/mol. The van der Waals surface area contributed by atoms with E-state index in [9.17, 15) is 5.11 Å². The Kier molecular flexibility index (Phi) is 4.47. The molecule has 1 unspecified atom stereocenters. The van der Waals surface area contributed by atoms with Crippen LogP contribution in [0.15, 0.2) is 36.4 Å². The molecule has 1 aromatic carbocycles. The van der Waals surface area contributed by atoms with Crippen LogP contribution in [0.1, 0.15) is 36.3 Å². The van der Waals surface area contributed by atoms with Crippen molar-refractivity contribution in [3.05, 3.63) is 53.2 Å². The fourth-order valence-electron chi connectivity index (χ4n) is 1.91. The highest BCUT2D eigenvalue weighted by Gasteiger charge is 2.12. The summed E-state index contributed by atoms with van der Waals surface area (Å²) < 4.78 is 4.94. The smallest absolute Gasteiger partial charge is 0.233 e. The second kappa shape index (κ2) is 6.29. The van der Waals surface area contributed by atoms with Gasteiger partial charge in [0.25, 0.3) is 0 Å².